The van der Waals surface area contributed by atoms with Crippen molar-refractivity contribution in [1.29, 1.82) is 0 Å². The molecular formula is C58H38N2. The molecule has 12 aromatic rings. The van der Waals surface area contributed by atoms with Gasteiger partial charge in [-0.2, -0.15) is 0 Å². The van der Waals surface area contributed by atoms with Crippen LogP contribution in [0.2, 0.25) is 0 Å². The summed E-state index contributed by atoms with van der Waals surface area (Å²) in [5.74, 6) is 0. The van der Waals surface area contributed by atoms with Gasteiger partial charge in [-0.25, -0.2) is 0 Å². The Hall–Kier alpha value is -7.94. The van der Waals surface area contributed by atoms with E-state index in [4.69, 9.17) is 0 Å². The summed E-state index contributed by atoms with van der Waals surface area (Å²) >= 11 is 0. The van der Waals surface area contributed by atoms with E-state index >= 15 is 0 Å². The molecule has 0 saturated heterocycles. The highest BCUT2D eigenvalue weighted by molar-refractivity contribution is 6.12. The predicted molar refractivity (Wildman–Crippen MR) is 254 cm³/mol. The normalized spacial score (nSPS) is 11.7. The fourth-order valence-electron chi connectivity index (χ4n) is 9.62. The molecule has 0 unspecified atom stereocenters. The van der Waals surface area contributed by atoms with Crippen molar-refractivity contribution >= 4 is 54.4 Å². The van der Waals surface area contributed by atoms with Gasteiger partial charge in [0.25, 0.3) is 0 Å². The molecule has 0 saturated carbocycles. The highest BCUT2D eigenvalue weighted by Gasteiger charge is 2.19. The summed E-state index contributed by atoms with van der Waals surface area (Å²) in [4.78, 5) is 0. The zero-order valence-electron chi connectivity index (χ0n) is 32.8. The van der Waals surface area contributed by atoms with Gasteiger partial charge in [-0.3, -0.25) is 0 Å². The number of hydrogen-bond donors (Lipinski definition) is 0. The lowest BCUT2D eigenvalue weighted by atomic mass is 9.86. The standard InChI is InChI=1S/C58H38N2/c1-2-18-43(19-3-1)59-55-28-14-12-26-51(55)53-37-41(31-34-57(53)59)45-20-6-8-22-47(45)49-24-10-11-25-50(49)48-23-9-7-21-46(48)42-32-35-58-54(38-42)52-27-13-15-29-56(52)60(58)44-33-30-39-16-4-5-17-40(39)36-44/h1-38H. The highest BCUT2D eigenvalue weighted by Crippen LogP contribution is 2.44. The molecule has 0 spiro atoms. The molecule has 0 radical (unpaired) electrons. The molecule has 0 bridgehead atoms. The van der Waals surface area contributed by atoms with Gasteiger partial charge in [0, 0.05) is 32.9 Å². The summed E-state index contributed by atoms with van der Waals surface area (Å²) < 4.78 is 4.79. The molecule has 10 aromatic carbocycles. The number of benzene rings is 10. The molecule has 0 aliphatic heterocycles. The number of rotatable bonds is 6. The van der Waals surface area contributed by atoms with Crippen molar-refractivity contribution in [1.82, 2.24) is 9.13 Å². The van der Waals surface area contributed by atoms with E-state index < -0.39 is 0 Å². The molecule has 280 valence electrons. The minimum Gasteiger partial charge on any atom is -0.309 e. The second-order valence-corrected chi connectivity index (χ2v) is 15.7. The van der Waals surface area contributed by atoms with E-state index in [0.29, 0.717) is 0 Å². The lowest BCUT2D eigenvalue weighted by Gasteiger charge is -2.17. The highest BCUT2D eigenvalue weighted by atomic mass is 15.0. The topological polar surface area (TPSA) is 9.86 Å². The van der Waals surface area contributed by atoms with Crippen molar-refractivity contribution in [3.63, 3.8) is 0 Å². The molecule has 0 amide bonds. The van der Waals surface area contributed by atoms with Crippen LogP contribution in [0, 0.1) is 0 Å². The molecule has 60 heavy (non-hydrogen) atoms. The molecule has 0 aliphatic rings. The third kappa shape index (κ3) is 5.42. The van der Waals surface area contributed by atoms with Crippen LogP contribution < -0.4 is 0 Å². The smallest absolute Gasteiger partial charge is 0.0541 e. The van der Waals surface area contributed by atoms with Crippen LogP contribution in [0.25, 0.3) is 110 Å². The summed E-state index contributed by atoms with van der Waals surface area (Å²) in [5.41, 5.74) is 16.8. The Labute approximate surface area is 348 Å². The summed E-state index contributed by atoms with van der Waals surface area (Å²) in [6, 6.07) is 84.2. The Kier molecular flexibility index (Phi) is 7.89. The van der Waals surface area contributed by atoms with Gasteiger partial charge in [-0.1, -0.05) is 170 Å². The molecule has 2 heteroatoms. The van der Waals surface area contributed by atoms with Gasteiger partial charge in [0.15, 0.2) is 0 Å². The first-order chi connectivity index (χ1) is 29.8. The van der Waals surface area contributed by atoms with Crippen LogP contribution in [0.3, 0.4) is 0 Å². The predicted octanol–water partition coefficient (Wildman–Crippen LogP) is 15.7. The minimum atomic E-state index is 1.17. The first-order valence-corrected chi connectivity index (χ1v) is 20.7. The average molecular weight is 763 g/mol. The number of hydrogen-bond acceptors (Lipinski definition) is 0. The minimum absolute atomic E-state index is 1.17. The molecule has 2 heterocycles. The third-order valence-electron chi connectivity index (χ3n) is 12.3. The van der Waals surface area contributed by atoms with Crippen LogP contribution >= 0.6 is 0 Å². The van der Waals surface area contributed by atoms with Gasteiger partial charge < -0.3 is 9.13 Å². The number of aromatic nitrogens is 2. The van der Waals surface area contributed by atoms with Gasteiger partial charge in [0.1, 0.15) is 0 Å². The van der Waals surface area contributed by atoms with Crippen molar-refractivity contribution in [2.75, 3.05) is 0 Å². The molecule has 0 fully saturated rings. The van der Waals surface area contributed by atoms with E-state index in [-0.39, 0.29) is 0 Å². The van der Waals surface area contributed by atoms with E-state index in [1.54, 1.807) is 0 Å². The van der Waals surface area contributed by atoms with Crippen molar-refractivity contribution in [3.05, 3.63) is 231 Å². The van der Waals surface area contributed by atoms with Crippen molar-refractivity contribution in [2.45, 2.75) is 0 Å². The van der Waals surface area contributed by atoms with Crippen LogP contribution in [-0.4, -0.2) is 9.13 Å². The molecular weight excluding hydrogens is 725 g/mol. The van der Waals surface area contributed by atoms with Crippen LogP contribution in [-0.2, 0) is 0 Å². The molecule has 12 rings (SSSR count). The zero-order chi connectivity index (χ0) is 39.6. The molecule has 0 aliphatic carbocycles. The SMILES string of the molecule is c1ccc(-n2c3ccccc3c3cc(-c4ccccc4-c4ccccc4-c4ccccc4-c4ccc5c(c4)c4ccccc4n5-c4ccc5ccccc5c4)ccc32)cc1. The summed E-state index contributed by atoms with van der Waals surface area (Å²) in [6.45, 7) is 0. The first-order valence-electron chi connectivity index (χ1n) is 20.7. The lowest BCUT2D eigenvalue weighted by Crippen LogP contribution is -1.94. The Morgan fingerprint density at radius 1 is 0.217 bits per heavy atom. The van der Waals surface area contributed by atoms with E-state index in [2.05, 4.69) is 240 Å². The van der Waals surface area contributed by atoms with Crippen molar-refractivity contribution < 1.29 is 0 Å². The molecule has 2 nitrogen and oxygen atoms in total. The summed E-state index contributed by atoms with van der Waals surface area (Å²) in [6.07, 6.45) is 0. The van der Waals surface area contributed by atoms with Crippen molar-refractivity contribution in [2.24, 2.45) is 0 Å². The fourth-order valence-corrected chi connectivity index (χ4v) is 9.62. The van der Waals surface area contributed by atoms with Crippen LogP contribution in [0.1, 0.15) is 0 Å². The zero-order valence-corrected chi connectivity index (χ0v) is 32.8. The maximum absolute atomic E-state index is 2.41. The molecule has 0 N–H and O–H groups in total. The monoisotopic (exact) mass is 762 g/mol. The molecule has 2 aromatic heterocycles. The summed E-state index contributed by atoms with van der Waals surface area (Å²) in [5, 5.41) is 7.48. The van der Waals surface area contributed by atoms with E-state index in [1.165, 1.54) is 110 Å². The quantitative estimate of drug-likeness (QED) is 0.160. The van der Waals surface area contributed by atoms with Crippen LogP contribution in [0.4, 0.5) is 0 Å². The van der Waals surface area contributed by atoms with Gasteiger partial charge in [0.2, 0.25) is 0 Å². The van der Waals surface area contributed by atoms with Crippen LogP contribution in [0.15, 0.2) is 231 Å². The van der Waals surface area contributed by atoms with Gasteiger partial charge in [-0.15, -0.1) is 0 Å². The Bertz CT molecular complexity index is 3600. The van der Waals surface area contributed by atoms with Crippen LogP contribution in [0.5, 0.6) is 0 Å². The number of nitrogens with zero attached hydrogens (tertiary/aromatic N) is 2. The van der Waals surface area contributed by atoms with Crippen molar-refractivity contribution in [3.8, 4) is 55.9 Å². The Morgan fingerprint density at radius 2 is 0.617 bits per heavy atom. The van der Waals surface area contributed by atoms with E-state index in [1.807, 2.05) is 0 Å². The second kappa shape index (κ2) is 13.9. The number of para-hydroxylation sites is 3. The second-order valence-electron chi connectivity index (χ2n) is 15.7. The third-order valence-corrected chi connectivity index (χ3v) is 12.3. The summed E-state index contributed by atoms with van der Waals surface area (Å²) in [7, 11) is 0. The number of fused-ring (bicyclic) bond motifs is 7. The van der Waals surface area contributed by atoms with Gasteiger partial charge in [0.05, 0.1) is 22.1 Å². The Morgan fingerprint density at radius 3 is 1.17 bits per heavy atom. The van der Waals surface area contributed by atoms with Gasteiger partial charge in [-0.05, 0) is 116 Å². The average Bonchev–Trinajstić information content (AvgIpc) is 3.84. The first kappa shape index (κ1) is 34.1. The van der Waals surface area contributed by atoms with Gasteiger partial charge >= 0.3 is 0 Å². The Balaban J connectivity index is 0.997. The molecule has 0 atom stereocenters. The van der Waals surface area contributed by atoms with E-state index in [0.717, 1.165) is 0 Å². The largest absolute Gasteiger partial charge is 0.309 e. The van der Waals surface area contributed by atoms with E-state index in [9.17, 15) is 0 Å². The lowest BCUT2D eigenvalue weighted by molar-refractivity contribution is 1.18. The maximum Gasteiger partial charge on any atom is 0.0541 e. The fraction of sp³-hybridized carbons (Fsp3) is 0. The maximum atomic E-state index is 2.41.